The fourth-order valence-electron chi connectivity index (χ4n) is 3.81. The highest BCUT2D eigenvalue weighted by molar-refractivity contribution is 8.05. The minimum atomic E-state index is -6.27. The molecule has 0 saturated heterocycles. The normalized spacial score (nSPS) is 14.4. The molecule has 1 atom stereocenters. The molecule has 1 heterocycles. The van der Waals surface area contributed by atoms with Crippen LogP contribution in [0, 0.1) is 12.3 Å². The Labute approximate surface area is 273 Å². The number of esters is 2. The zero-order chi connectivity index (χ0) is 36.1. The highest BCUT2D eigenvalue weighted by atomic mass is 32.3. The number of carbonyl (C=O) groups is 2. The molecule has 0 N–H and O–H groups in total. The second-order valence-corrected chi connectivity index (χ2v) is 20.7. The van der Waals surface area contributed by atoms with Gasteiger partial charge in [0.05, 0.1) is 24.4 Å². The van der Waals surface area contributed by atoms with Crippen LogP contribution in [0.25, 0.3) is 0 Å². The summed E-state index contributed by atoms with van der Waals surface area (Å²) in [5, 5.41) is 0.202. The summed E-state index contributed by atoms with van der Waals surface area (Å²) in [6.45, 7) is 13.6. The number of allylic oxidation sites excluding steroid dienone is 1. The highest BCUT2D eigenvalue weighted by Gasteiger charge is 2.51. The number of hydrogen-bond donors (Lipinski definition) is 0. The highest BCUT2D eigenvalue weighted by Crippen LogP contribution is 2.40. The number of benzene rings is 1. The quantitative estimate of drug-likeness (QED) is 0.131. The van der Waals surface area contributed by atoms with E-state index in [4.69, 9.17) is 18.3 Å². The van der Waals surface area contributed by atoms with Gasteiger partial charge in [0, 0.05) is 17.9 Å². The molecule has 0 amide bonds. The van der Waals surface area contributed by atoms with Gasteiger partial charge in [-0.3, -0.25) is 14.4 Å². The van der Waals surface area contributed by atoms with E-state index in [-0.39, 0.29) is 34.7 Å². The molecule has 1 aromatic heterocycles. The maximum Gasteiger partial charge on any atom is 0.519 e. The molecule has 0 saturated carbocycles. The number of alkyl halides is 3. The lowest BCUT2D eigenvalue weighted by atomic mass is 9.79. The van der Waals surface area contributed by atoms with Crippen molar-refractivity contribution in [1.82, 2.24) is 0 Å². The van der Waals surface area contributed by atoms with E-state index in [0.29, 0.717) is 11.0 Å². The van der Waals surface area contributed by atoms with Crippen LogP contribution in [-0.4, -0.2) is 51.6 Å². The Morgan fingerprint density at radius 3 is 1.96 bits per heavy atom. The Bertz CT molecular complexity index is 1750. The molecule has 0 spiro atoms. The summed E-state index contributed by atoms with van der Waals surface area (Å²) in [6, 6.07) is 6.17. The summed E-state index contributed by atoms with van der Waals surface area (Å²) >= 11 is 0. The lowest BCUT2D eigenvalue weighted by Crippen LogP contribution is -2.46. The Morgan fingerprint density at radius 1 is 0.957 bits per heavy atom. The van der Waals surface area contributed by atoms with Crippen molar-refractivity contribution in [1.29, 1.82) is 0 Å². The summed E-state index contributed by atoms with van der Waals surface area (Å²) in [5.41, 5.74) is -8.20. The van der Waals surface area contributed by atoms with E-state index in [1.54, 1.807) is 6.92 Å². The molecule has 262 valence electrons. The van der Waals surface area contributed by atoms with E-state index < -0.39 is 69.2 Å². The van der Waals surface area contributed by atoms with Gasteiger partial charge in [-0.1, -0.05) is 48.3 Å². The fourth-order valence-corrected chi connectivity index (χ4v) is 7.93. The van der Waals surface area contributed by atoms with Crippen molar-refractivity contribution in [3.8, 4) is 5.75 Å². The molecule has 1 aromatic carbocycles. The molecule has 0 bridgehead atoms. The topological polar surface area (TPSA) is 156 Å². The molecule has 11 nitrogen and oxygen atoms in total. The van der Waals surface area contributed by atoms with Gasteiger partial charge in [-0.2, -0.15) is 21.6 Å². The first-order valence-corrected chi connectivity index (χ1v) is 20.4. The van der Waals surface area contributed by atoms with Crippen LogP contribution < -0.4 is 9.85 Å². The van der Waals surface area contributed by atoms with Gasteiger partial charge in [-0.25, -0.2) is 4.21 Å². The minimum Gasteiger partial charge on any atom is -0.539 e. The van der Waals surface area contributed by atoms with Crippen LogP contribution in [-0.2, 0) is 45.2 Å². The molecule has 0 radical (unpaired) electrons. The molecule has 0 aliphatic heterocycles. The zero-order valence-electron chi connectivity index (χ0n) is 27.4. The smallest absolute Gasteiger partial charge is 0.519 e. The molecule has 47 heavy (non-hydrogen) atoms. The van der Waals surface area contributed by atoms with E-state index >= 15 is 0 Å². The monoisotopic (exact) mass is 723 g/mol. The second-order valence-electron chi connectivity index (χ2n) is 12.1. The Balaban J connectivity index is 2.86. The Kier molecular flexibility index (Phi) is 12.5. The predicted molar refractivity (Wildman–Crippen MR) is 171 cm³/mol. The summed E-state index contributed by atoms with van der Waals surface area (Å²) in [6.07, 6.45) is 0.505. The van der Waals surface area contributed by atoms with Crippen molar-refractivity contribution in [3.63, 3.8) is 0 Å². The molecule has 0 aliphatic rings. The number of carbonyl (C=O) groups excluding carboxylic acids is 2. The van der Waals surface area contributed by atoms with Crippen molar-refractivity contribution in [2.75, 3.05) is 13.2 Å². The number of ether oxygens (including phenoxy) is 2. The number of sulfonamides is 1. The first-order valence-electron chi connectivity index (χ1n) is 14.4. The van der Waals surface area contributed by atoms with Crippen LogP contribution in [0.3, 0.4) is 0 Å². The van der Waals surface area contributed by atoms with E-state index in [1.807, 2.05) is 33.9 Å². The van der Waals surface area contributed by atoms with Crippen LogP contribution in [0.2, 0.25) is 18.1 Å². The van der Waals surface area contributed by atoms with Gasteiger partial charge >= 0.3 is 27.5 Å². The summed E-state index contributed by atoms with van der Waals surface area (Å²) in [4.78, 5) is 39.9. The van der Waals surface area contributed by atoms with Crippen LogP contribution in [0.5, 0.6) is 5.75 Å². The van der Waals surface area contributed by atoms with Gasteiger partial charge in [-0.15, -0.1) is 0 Å². The van der Waals surface area contributed by atoms with Gasteiger partial charge in [0.2, 0.25) is 5.43 Å². The van der Waals surface area contributed by atoms with Crippen LogP contribution >= 0.6 is 0 Å². The predicted octanol–water partition coefficient (Wildman–Crippen LogP) is 6.27. The van der Waals surface area contributed by atoms with Crippen molar-refractivity contribution in [2.45, 2.75) is 82.9 Å². The molecule has 17 heteroatoms. The van der Waals surface area contributed by atoms with Crippen molar-refractivity contribution in [3.05, 3.63) is 69.6 Å². The van der Waals surface area contributed by atoms with E-state index in [0.717, 1.165) is 30.5 Å². The molecule has 0 fully saturated rings. The summed E-state index contributed by atoms with van der Waals surface area (Å²) in [7, 11) is -13.5. The molecule has 2 aromatic rings. The number of aryl methyl sites for hydroxylation is 1. The third-order valence-electron chi connectivity index (χ3n) is 7.47. The van der Waals surface area contributed by atoms with Crippen molar-refractivity contribution >= 4 is 40.0 Å². The van der Waals surface area contributed by atoms with Crippen LogP contribution in [0.15, 0.2) is 66.0 Å². The average Bonchev–Trinajstić information content (AvgIpc) is 2.93. The maximum atomic E-state index is 13.9. The van der Waals surface area contributed by atoms with Crippen molar-refractivity contribution in [2.24, 2.45) is 9.18 Å². The lowest BCUT2D eigenvalue weighted by Gasteiger charge is -2.36. The first-order chi connectivity index (χ1) is 21.5. The molecule has 2 rings (SSSR count). The molecule has 0 aliphatic carbocycles. The van der Waals surface area contributed by atoms with Crippen molar-refractivity contribution < 1.29 is 53.7 Å². The molecular weight excluding hydrogens is 684 g/mol. The van der Waals surface area contributed by atoms with Gasteiger partial charge in [0.1, 0.15) is 15.5 Å². The van der Waals surface area contributed by atoms with Crippen LogP contribution in [0.1, 0.15) is 52.4 Å². The lowest BCUT2D eigenvalue weighted by molar-refractivity contribution is -0.172. The third kappa shape index (κ3) is 9.34. The molecular formula is C30H40F3NO10S2Si. The minimum absolute atomic E-state index is 0.213. The second kappa shape index (κ2) is 14.8. The first kappa shape index (κ1) is 39.7. The number of nitrogens with zero attached hydrogens (tertiary/aromatic N) is 1. The summed E-state index contributed by atoms with van der Waals surface area (Å²) in [5.74, 6) is -2.79. The maximum absolute atomic E-state index is 13.9. The van der Waals surface area contributed by atoms with Gasteiger partial charge in [0.25, 0.3) is 8.32 Å². The summed E-state index contributed by atoms with van der Waals surface area (Å²) < 4.78 is 103. The standard InChI is InChI=1S/C30H40F3NO10S2Si/c1-9-41-26(36)29(27(37)42-10-2,20-24-25(23(35)16-18-43-24)44-47(7,8)28(4,5)6)17-11-19-45(38,22-14-12-21(3)13-15-22)34-46(39,40)30(31,32)33/h11-16,18-19H,9-10,17,20H2,1-8H3/b19-11+. The number of hydrogen-bond acceptors (Lipinski definition) is 10. The van der Waals surface area contributed by atoms with E-state index in [9.17, 15) is 40.2 Å². The Morgan fingerprint density at radius 2 is 1.49 bits per heavy atom. The third-order valence-corrected chi connectivity index (χ3v) is 15.6. The van der Waals surface area contributed by atoms with Crippen LogP contribution in [0.4, 0.5) is 13.2 Å². The molecule has 1 unspecified atom stereocenters. The fraction of sp³-hybridized carbons (Fsp3) is 0.500. The Hall–Kier alpha value is -3.44. The zero-order valence-corrected chi connectivity index (χ0v) is 30.1. The van der Waals surface area contributed by atoms with Gasteiger partial charge < -0.3 is 18.3 Å². The average molecular weight is 724 g/mol. The number of rotatable bonds is 13. The largest absolute Gasteiger partial charge is 0.539 e. The number of halogens is 3. The van der Waals surface area contributed by atoms with Gasteiger partial charge in [-0.05, 0) is 57.5 Å². The SMILES string of the molecule is CCOC(=O)C(C/C=C/S(=O)(=NS(=O)(=O)C(F)(F)F)c1ccc(C)cc1)(Cc1occc(=O)c1O[Si](C)(C)C(C)(C)C)C(=O)OCC. The van der Waals surface area contributed by atoms with E-state index in [1.165, 1.54) is 26.0 Å². The van der Waals surface area contributed by atoms with E-state index in [2.05, 4.69) is 3.77 Å². The van der Waals surface area contributed by atoms with Gasteiger partial charge in [0.15, 0.2) is 11.2 Å².